The molecule has 1 heterocycles. The lowest BCUT2D eigenvalue weighted by Gasteiger charge is -2.19. The number of benzene rings is 1. The molecular weight excluding hydrogens is 160 g/mol. The molecule has 0 saturated carbocycles. The van der Waals surface area contributed by atoms with Gasteiger partial charge in [0.2, 0.25) is 0 Å². The number of hydrogen-bond donors (Lipinski definition) is 2. The molecule has 1 aromatic rings. The molecule has 0 radical (unpaired) electrons. The molecule has 2 rings (SSSR count). The fourth-order valence-electron chi connectivity index (χ4n) is 1.78. The van der Waals surface area contributed by atoms with Gasteiger partial charge in [0.15, 0.2) is 0 Å². The van der Waals surface area contributed by atoms with Crippen LogP contribution in [0.4, 0.5) is 5.69 Å². The lowest BCUT2D eigenvalue weighted by molar-refractivity contribution is 0.796. The first kappa shape index (κ1) is 8.57. The average molecular weight is 176 g/mol. The van der Waals surface area contributed by atoms with Crippen LogP contribution in [0.5, 0.6) is 0 Å². The fourth-order valence-corrected chi connectivity index (χ4v) is 1.78. The second kappa shape index (κ2) is 3.38. The molecule has 1 aliphatic rings. The number of fused-ring (bicyclic) bond motifs is 1. The van der Waals surface area contributed by atoms with E-state index >= 15 is 0 Å². The average Bonchev–Trinajstić information content (AvgIpc) is 2.17. The van der Waals surface area contributed by atoms with Gasteiger partial charge in [-0.05, 0) is 37.0 Å². The summed E-state index contributed by atoms with van der Waals surface area (Å²) < 4.78 is 0. The summed E-state index contributed by atoms with van der Waals surface area (Å²) in [4.78, 5) is 0. The van der Waals surface area contributed by atoms with Crippen LogP contribution in [0.1, 0.15) is 30.5 Å². The Bertz CT molecular complexity index is 305. The van der Waals surface area contributed by atoms with Crippen molar-refractivity contribution in [2.75, 3.05) is 11.9 Å². The summed E-state index contributed by atoms with van der Waals surface area (Å²) in [5.41, 5.74) is 9.77. The van der Waals surface area contributed by atoms with Crippen molar-refractivity contribution in [3.63, 3.8) is 0 Å². The number of hydrogen-bond acceptors (Lipinski definition) is 2. The predicted octanol–water partition coefficient (Wildman–Crippen LogP) is 2.06. The summed E-state index contributed by atoms with van der Waals surface area (Å²) in [6, 6.07) is 6.63. The van der Waals surface area contributed by atoms with E-state index in [-0.39, 0.29) is 6.04 Å². The van der Waals surface area contributed by atoms with E-state index in [4.69, 9.17) is 5.73 Å². The zero-order valence-corrected chi connectivity index (χ0v) is 8.01. The van der Waals surface area contributed by atoms with Crippen LogP contribution >= 0.6 is 0 Å². The van der Waals surface area contributed by atoms with Crippen LogP contribution in [0.25, 0.3) is 0 Å². The van der Waals surface area contributed by atoms with Gasteiger partial charge < -0.3 is 11.1 Å². The third-order valence-corrected chi connectivity index (χ3v) is 2.59. The minimum Gasteiger partial charge on any atom is -0.385 e. The quantitative estimate of drug-likeness (QED) is 0.687. The molecule has 70 valence electrons. The van der Waals surface area contributed by atoms with E-state index in [1.165, 1.54) is 29.7 Å². The summed E-state index contributed by atoms with van der Waals surface area (Å²) >= 11 is 0. The highest BCUT2D eigenvalue weighted by Crippen LogP contribution is 2.24. The number of anilines is 1. The van der Waals surface area contributed by atoms with E-state index in [1.807, 2.05) is 6.92 Å². The summed E-state index contributed by atoms with van der Waals surface area (Å²) in [5.74, 6) is 0. The van der Waals surface area contributed by atoms with Crippen LogP contribution < -0.4 is 11.1 Å². The molecule has 0 aromatic heterocycles. The van der Waals surface area contributed by atoms with E-state index in [9.17, 15) is 0 Å². The summed E-state index contributed by atoms with van der Waals surface area (Å²) in [6.07, 6.45) is 2.41. The first-order valence-electron chi connectivity index (χ1n) is 4.89. The van der Waals surface area contributed by atoms with E-state index in [2.05, 4.69) is 23.5 Å². The van der Waals surface area contributed by atoms with Crippen molar-refractivity contribution in [3.8, 4) is 0 Å². The van der Waals surface area contributed by atoms with Crippen molar-refractivity contribution in [1.29, 1.82) is 0 Å². The Morgan fingerprint density at radius 3 is 3.08 bits per heavy atom. The van der Waals surface area contributed by atoms with Gasteiger partial charge in [-0.15, -0.1) is 0 Å². The third kappa shape index (κ3) is 1.68. The Labute approximate surface area is 79.1 Å². The molecule has 2 nitrogen and oxygen atoms in total. The van der Waals surface area contributed by atoms with Gasteiger partial charge in [-0.1, -0.05) is 12.1 Å². The Balaban J connectivity index is 2.35. The third-order valence-electron chi connectivity index (χ3n) is 2.59. The topological polar surface area (TPSA) is 38.0 Å². The number of rotatable bonds is 1. The molecule has 0 saturated heterocycles. The van der Waals surface area contributed by atoms with Gasteiger partial charge in [0.25, 0.3) is 0 Å². The highest BCUT2D eigenvalue weighted by Gasteiger charge is 2.09. The van der Waals surface area contributed by atoms with E-state index < -0.39 is 0 Å². The molecule has 0 fully saturated rings. The van der Waals surface area contributed by atoms with Crippen molar-refractivity contribution in [1.82, 2.24) is 0 Å². The van der Waals surface area contributed by atoms with Gasteiger partial charge in [0.1, 0.15) is 0 Å². The Morgan fingerprint density at radius 1 is 1.46 bits per heavy atom. The molecule has 0 spiro atoms. The number of nitrogens with two attached hydrogens (primary N) is 1. The van der Waals surface area contributed by atoms with Crippen LogP contribution in [-0.4, -0.2) is 6.54 Å². The predicted molar refractivity (Wildman–Crippen MR) is 55.9 cm³/mol. The standard InChI is InChI=1S/C11H16N2/c1-8(12)9-4-5-11-10(7-9)3-2-6-13-11/h4-5,7-8,13H,2-3,6,12H2,1H3/t8-/m0/s1. The minimum absolute atomic E-state index is 0.146. The molecule has 0 unspecified atom stereocenters. The maximum absolute atomic E-state index is 5.83. The Morgan fingerprint density at radius 2 is 2.31 bits per heavy atom. The maximum Gasteiger partial charge on any atom is 0.0372 e. The highest BCUT2D eigenvalue weighted by molar-refractivity contribution is 5.54. The highest BCUT2D eigenvalue weighted by atomic mass is 14.9. The molecular formula is C11H16N2. The van der Waals surface area contributed by atoms with Crippen molar-refractivity contribution < 1.29 is 0 Å². The summed E-state index contributed by atoms with van der Waals surface area (Å²) in [6.45, 7) is 3.13. The summed E-state index contributed by atoms with van der Waals surface area (Å²) in [5, 5.41) is 3.39. The Kier molecular flexibility index (Phi) is 2.23. The van der Waals surface area contributed by atoms with Crippen molar-refractivity contribution in [2.24, 2.45) is 5.73 Å². The first-order chi connectivity index (χ1) is 6.27. The van der Waals surface area contributed by atoms with Crippen LogP contribution in [0.3, 0.4) is 0 Å². The minimum atomic E-state index is 0.146. The molecule has 3 N–H and O–H groups in total. The number of aryl methyl sites for hydroxylation is 1. The Hall–Kier alpha value is -1.02. The van der Waals surface area contributed by atoms with Gasteiger partial charge in [-0.3, -0.25) is 0 Å². The van der Waals surface area contributed by atoms with Gasteiger partial charge >= 0.3 is 0 Å². The van der Waals surface area contributed by atoms with E-state index in [1.54, 1.807) is 0 Å². The monoisotopic (exact) mass is 176 g/mol. The van der Waals surface area contributed by atoms with Gasteiger partial charge in [-0.25, -0.2) is 0 Å². The molecule has 13 heavy (non-hydrogen) atoms. The van der Waals surface area contributed by atoms with Crippen molar-refractivity contribution in [2.45, 2.75) is 25.8 Å². The lowest BCUT2D eigenvalue weighted by atomic mass is 9.98. The molecule has 0 amide bonds. The lowest BCUT2D eigenvalue weighted by Crippen LogP contribution is -2.13. The SMILES string of the molecule is C[C@H](N)c1ccc2c(c1)CCCN2. The zero-order valence-electron chi connectivity index (χ0n) is 8.01. The molecule has 2 heteroatoms. The van der Waals surface area contributed by atoms with Crippen molar-refractivity contribution in [3.05, 3.63) is 29.3 Å². The molecule has 0 bridgehead atoms. The maximum atomic E-state index is 5.83. The van der Waals surface area contributed by atoms with Crippen LogP contribution in [0.2, 0.25) is 0 Å². The van der Waals surface area contributed by atoms with E-state index in [0.29, 0.717) is 0 Å². The molecule has 1 atom stereocenters. The second-order valence-electron chi connectivity index (χ2n) is 3.74. The normalized spacial score (nSPS) is 17.4. The summed E-state index contributed by atoms with van der Waals surface area (Å²) in [7, 11) is 0. The van der Waals surface area contributed by atoms with E-state index in [0.717, 1.165) is 6.54 Å². The first-order valence-corrected chi connectivity index (χ1v) is 4.89. The molecule has 1 aliphatic heterocycles. The van der Waals surface area contributed by atoms with Crippen LogP contribution in [0, 0.1) is 0 Å². The van der Waals surface area contributed by atoms with Gasteiger partial charge in [0, 0.05) is 18.3 Å². The van der Waals surface area contributed by atoms with Gasteiger partial charge in [0.05, 0.1) is 0 Å². The number of nitrogens with one attached hydrogen (secondary N) is 1. The van der Waals surface area contributed by atoms with Crippen molar-refractivity contribution >= 4 is 5.69 Å². The molecule has 0 aliphatic carbocycles. The zero-order chi connectivity index (χ0) is 9.26. The van der Waals surface area contributed by atoms with Gasteiger partial charge in [-0.2, -0.15) is 0 Å². The fraction of sp³-hybridized carbons (Fsp3) is 0.455. The van der Waals surface area contributed by atoms with Crippen LogP contribution in [-0.2, 0) is 6.42 Å². The second-order valence-corrected chi connectivity index (χ2v) is 3.74. The molecule has 1 aromatic carbocycles. The largest absolute Gasteiger partial charge is 0.385 e. The smallest absolute Gasteiger partial charge is 0.0372 e. The van der Waals surface area contributed by atoms with Crippen LogP contribution in [0.15, 0.2) is 18.2 Å².